The summed E-state index contributed by atoms with van der Waals surface area (Å²) in [5.41, 5.74) is 0.133. The molecule has 0 bridgehead atoms. The molecule has 3 aliphatic rings. The highest BCUT2D eigenvalue weighted by Crippen LogP contribution is 2.60. The summed E-state index contributed by atoms with van der Waals surface area (Å²) in [4.78, 5) is 0. The summed E-state index contributed by atoms with van der Waals surface area (Å²) < 4.78 is 26.9. The van der Waals surface area contributed by atoms with Gasteiger partial charge in [0.15, 0.2) is 0 Å². The van der Waals surface area contributed by atoms with E-state index in [2.05, 4.69) is 13.8 Å². The lowest BCUT2D eigenvalue weighted by Crippen LogP contribution is -2.29. The lowest BCUT2D eigenvalue weighted by Gasteiger charge is -2.38. The third-order valence-electron chi connectivity index (χ3n) is 7.28. The molecular weight excluding hydrogens is 343 g/mol. The van der Waals surface area contributed by atoms with Gasteiger partial charge in [0, 0.05) is 0 Å². The first-order valence-corrected chi connectivity index (χ1v) is 13.2. The molecule has 0 saturated heterocycles. The molecule has 0 aromatic heterocycles. The van der Waals surface area contributed by atoms with Gasteiger partial charge in [-0.05, 0) is 64.2 Å². The minimum Gasteiger partial charge on any atom is -0.305 e. The highest BCUT2D eigenvalue weighted by Gasteiger charge is 2.42. The smallest absolute Gasteiger partial charge is 0.305 e. The zero-order valence-corrected chi connectivity index (χ0v) is 18.1. The second-order valence-electron chi connectivity index (χ2n) is 9.25. The van der Waals surface area contributed by atoms with Crippen LogP contribution in [-0.2, 0) is 13.6 Å². The first-order chi connectivity index (χ1) is 12.6. The first-order valence-electron chi connectivity index (χ1n) is 11.5. The van der Waals surface area contributed by atoms with Crippen LogP contribution in [0, 0.1) is 11.8 Å². The van der Waals surface area contributed by atoms with Crippen molar-refractivity contribution in [1.82, 2.24) is 0 Å². The van der Waals surface area contributed by atoms with Gasteiger partial charge in [-0.3, -0.25) is 4.57 Å². The molecule has 0 amide bonds. The molecule has 3 rings (SSSR count). The molecule has 3 nitrogen and oxygen atoms in total. The fourth-order valence-electron chi connectivity index (χ4n) is 5.44. The van der Waals surface area contributed by atoms with E-state index >= 15 is 0 Å². The second kappa shape index (κ2) is 10.1. The van der Waals surface area contributed by atoms with Crippen LogP contribution in [0.2, 0.25) is 0 Å². The van der Waals surface area contributed by atoms with E-state index in [1.165, 1.54) is 83.5 Å². The van der Waals surface area contributed by atoms with Crippen molar-refractivity contribution in [3.63, 3.8) is 0 Å². The average molecular weight is 385 g/mol. The zero-order chi connectivity index (χ0) is 18.4. The lowest BCUT2D eigenvalue weighted by atomic mass is 9.86. The zero-order valence-electron chi connectivity index (χ0n) is 17.2. The summed E-state index contributed by atoms with van der Waals surface area (Å²) in [5, 5.41) is 0. The van der Waals surface area contributed by atoms with Crippen molar-refractivity contribution in [3.8, 4) is 0 Å². The molecule has 0 radical (unpaired) electrons. The van der Waals surface area contributed by atoms with Crippen molar-refractivity contribution in [2.45, 2.75) is 128 Å². The molecule has 2 atom stereocenters. The molecule has 3 fully saturated rings. The molecule has 3 aliphatic carbocycles. The maximum Gasteiger partial charge on any atom is 0.334 e. The van der Waals surface area contributed by atoms with Gasteiger partial charge in [0.1, 0.15) is 0 Å². The van der Waals surface area contributed by atoms with Gasteiger partial charge in [-0.25, -0.2) is 0 Å². The molecule has 3 saturated carbocycles. The molecule has 0 aromatic rings. The lowest BCUT2D eigenvalue weighted by molar-refractivity contribution is 0.0529. The molecular formula is C22H41O3P. The summed E-state index contributed by atoms with van der Waals surface area (Å²) in [7, 11) is -3.04. The van der Waals surface area contributed by atoms with E-state index in [0.717, 1.165) is 12.8 Å². The quantitative estimate of drug-likeness (QED) is 0.427. The van der Waals surface area contributed by atoms with Crippen molar-refractivity contribution in [2.24, 2.45) is 11.8 Å². The van der Waals surface area contributed by atoms with Crippen LogP contribution in [0.4, 0.5) is 0 Å². The van der Waals surface area contributed by atoms with Gasteiger partial charge in [-0.1, -0.05) is 57.8 Å². The van der Waals surface area contributed by atoms with Crippen LogP contribution < -0.4 is 0 Å². The molecule has 0 aliphatic heterocycles. The minimum atomic E-state index is -3.04. The number of hydrogen-bond donors (Lipinski definition) is 0. The fraction of sp³-hybridized carbons (Fsp3) is 1.00. The Labute approximate surface area is 161 Å². The summed E-state index contributed by atoms with van der Waals surface area (Å²) in [6, 6.07) is 0. The highest BCUT2D eigenvalue weighted by atomic mass is 31.2. The molecule has 152 valence electrons. The molecule has 26 heavy (non-hydrogen) atoms. The normalized spacial score (nSPS) is 29.2. The maximum absolute atomic E-state index is 14.0. The molecule has 2 unspecified atom stereocenters. The van der Waals surface area contributed by atoms with Gasteiger partial charge in [0.2, 0.25) is 0 Å². The van der Waals surface area contributed by atoms with Gasteiger partial charge in [-0.2, -0.15) is 0 Å². The Kier molecular flexibility index (Phi) is 8.09. The van der Waals surface area contributed by atoms with E-state index in [4.69, 9.17) is 9.05 Å². The van der Waals surface area contributed by atoms with Gasteiger partial charge in [-0.15, -0.1) is 0 Å². The van der Waals surface area contributed by atoms with Crippen LogP contribution in [0.3, 0.4) is 0 Å². The summed E-state index contributed by atoms with van der Waals surface area (Å²) in [5.74, 6) is 1.13. The maximum atomic E-state index is 14.0. The Morgan fingerprint density at radius 3 is 1.35 bits per heavy atom. The largest absolute Gasteiger partial charge is 0.334 e. The second-order valence-corrected chi connectivity index (χ2v) is 11.5. The Bertz CT molecular complexity index is 418. The van der Waals surface area contributed by atoms with Gasteiger partial charge < -0.3 is 9.05 Å². The molecule has 0 N–H and O–H groups in total. The predicted octanol–water partition coefficient (Wildman–Crippen LogP) is 7.48. The van der Waals surface area contributed by atoms with Crippen molar-refractivity contribution in [2.75, 3.05) is 0 Å². The SMILES string of the molecule is CC(OP(=O)(OC(C)C1CCCCC1)C1CCCCC1)C1CCCCC1. The van der Waals surface area contributed by atoms with Crippen LogP contribution in [0.25, 0.3) is 0 Å². The van der Waals surface area contributed by atoms with E-state index in [1.807, 2.05) is 0 Å². The molecule has 0 aromatic carbocycles. The first kappa shape index (κ1) is 20.9. The van der Waals surface area contributed by atoms with Crippen molar-refractivity contribution < 1.29 is 13.6 Å². The van der Waals surface area contributed by atoms with E-state index in [9.17, 15) is 4.57 Å². The van der Waals surface area contributed by atoms with Crippen LogP contribution in [0.5, 0.6) is 0 Å². The number of hydrogen-bond acceptors (Lipinski definition) is 3. The third kappa shape index (κ3) is 5.58. The van der Waals surface area contributed by atoms with Gasteiger partial charge in [0.25, 0.3) is 0 Å². The van der Waals surface area contributed by atoms with E-state index < -0.39 is 7.60 Å². The number of rotatable bonds is 7. The minimum absolute atomic E-state index is 0.0709. The standard InChI is InChI=1S/C22H41O3P/c1-18(20-12-6-3-7-13-20)24-26(23,22-16-10-5-11-17-22)25-19(2)21-14-8-4-9-15-21/h18-22H,3-17H2,1-2H3. The van der Waals surface area contributed by atoms with Gasteiger partial charge in [0.05, 0.1) is 17.9 Å². The molecule has 0 spiro atoms. The fourth-order valence-corrected chi connectivity index (χ4v) is 8.10. The van der Waals surface area contributed by atoms with E-state index in [1.54, 1.807) is 0 Å². The summed E-state index contributed by atoms with van der Waals surface area (Å²) in [6.45, 7) is 4.31. The van der Waals surface area contributed by atoms with Crippen LogP contribution in [-0.4, -0.2) is 17.9 Å². The van der Waals surface area contributed by atoms with Crippen molar-refractivity contribution >= 4 is 7.60 Å². The van der Waals surface area contributed by atoms with E-state index in [-0.39, 0.29) is 17.9 Å². The van der Waals surface area contributed by atoms with Gasteiger partial charge >= 0.3 is 7.60 Å². The topological polar surface area (TPSA) is 35.5 Å². The van der Waals surface area contributed by atoms with Crippen LogP contribution >= 0.6 is 7.60 Å². The molecule has 4 heteroatoms. The van der Waals surface area contributed by atoms with Crippen LogP contribution in [0.1, 0.15) is 110 Å². The van der Waals surface area contributed by atoms with Crippen molar-refractivity contribution in [1.29, 1.82) is 0 Å². The summed E-state index contributed by atoms with van der Waals surface area (Å²) in [6.07, 6.45) is 18.6. The predicted molar refractivity (Wildman–Crippen MR) is 109 cm³/mol. The average Bonchev–Trinajstić information content (AvgIpc) is 2.70. The van der Waals surface area contributed by atoms with Crippen LogP contribution in [0.15, 0.2) is 0 Å². The third-order valence-corrected chi connectivity index (χ3v) is 9.94. The molecule has 0 heterocycles. The monoisotopic (exact) mass is 384 g/mol. The Balaban J connectivity index is 1.67. The summed E-state index contributed by atoms with van der Waals surface area (Å²) >= 11 is 0. The Morgan fingerprint density at radius 2 is 0.962 bits per heavy atom. The Hall–Kier alpha value is 0.150. The Morgan fingerprint density at radius 1 is 0.615 bits per heavy atom. The highest BCUT2D eigenvalue weighted by molar-refractivity contribution is 7.54. The van der Waals surface area contributed by atoms with E-state index in [0.29, 0.717) is 11.8 Å². The van der Waals surface area contributed by atoms with Crippen molar-refractivity contribution in [3.05, 3.63) is 0 Å².